The highest BCUT2D eigenvalue weighted by atomic mass is 16.5. The van der Waals surface area contributed by atoms with Crippen LogP contribution < -0.4 is 0 Å². The van der Waals surface area contributed by atoms with Crippen LogP contribution in [0, 0.1) is 0 Å². The van der Waals surface area contributed by atoms with Gasteiger partial charge in [-0.1, -0.05) is 12.7 Å². The quantitative estimate of drug-likeness (QED) is 0.372. The van der Waals surface area contributed by atoms with Crippen molar-refractivity contribution in [1.29, 1.82) is 0 Å². The molecule has 0 N–H and O–H groups in total. The molecule has 1 fully saturated rings. The molecule has 1 unspecified atom stereocenters. The van der Waals surface area contributed by atoms with Gasteiger partial charge in [0.05, 0.1) is 12.8 Å². The third-order valence-corrected chi connectivity index (χ3v) is 2.23. The van der Waals surface area contributed by atoms with Crippen molar-refractivity contribution in [2.24, 2.45) is 0 Å². The predicted octanol–water partition coefficient (Wildman–Crippen LogP) is 1.32. The summed E-state index contributed by atoms with van der Waals surface area (Å²) in [5.74, 6) is -0.247. The first-order chi connectivity index (χ1) is 6.27. The number of carbonyl (C=O) groups is 1. The molecule has 0 aromatic carbocycles. The van der Waals surface area contributed by atoms with Gasteiger partial charge in [0.1, 0.15) is 0 Å². The summed E-state index contributed by atoms with van der Waals surface area (Å²) in [5, 5.41) is 0. The number of esters is 1. The number of nitrogens with zero attached hydrogens (tertiary/aromatic N) is 1. The lowest BCUT2D eigenvalue weighted by atomic mass is 10.2. The maximum atomic E-state index is 11.1. The van der Waals surface area contributed by atoms with E-state index >= 15 is 0 Å². The van der Waals surface area contributed by atoms with Gasteiger partial charge in [-0.15, -0.1) is 6.58 Å². The Morgan fingerprint density at radius 3 is 3.00 bits per heavy atom. The fourth-order valence-corrected chi connectivity index (χ4v) is 1.61. The number of hydrogen-bond donors (Lipinski definition) is 0. The molecule has 0 amide bonds. The second-order valence-electron chi connectivity index (χ2n) is 3.07. The van der Waals surface area contributed by atoms with Gasteiger partial charge in [0.2, 0.25) is 0 Å². The van der Waals surface area contributed by atoms with Gasteiger partial charge in [-0.25, -0.2) is 0 Å². The summed E-state index contributed by atoms with van der Waals surface area (Å²) in [6.07, 6.45) is 5.26. The molecule has 1 aliphatic heterocycles. The first kappa shape index (κ1) is 9.99. The molecule has 13 heavy (non-hydrogen) atoms. The van der Waals surface area contributed by atoms with Crippen LogP contribution in [-0.2, 0) is 9.53 Å². The zero-order valence-corrected chi connectivity index (χ0v) is 7.74. The zero-order valence-electron chi connectivity index (χ0n) is 7.74. The first-order valence-electron chi connectivity index (χ1n) is 4.45. The van der Waals surface area contributed by atoms with Gasteiger partial charge < -0.3 is 4.74 Å². The van der Waals surface area contributed by atoms with Crippen molar-refractivity contribution in [3.8, 4) is 0 Å². The molecule has 1 aliphatic rings. The van der Waals surface area contributed by atoms with Crippen LogP contribution in [-0.4, -0.2) is 30.0 Å². The Balaban J connectivity index is 2.38. The third kappa shape index (κ3) is 2.70. The third-order valence-electron chi connectivity index (χ3n) is 2.23. The maximum absolute atomic E-state index is 11.1. The largest absolute Gasteiger partial charge is 0.434 e. The molecule has 1 heterocycles. The maximum Gasteiger partial charge on any atom is 0.324 e. The Morgan fingerprint density at radius 2 is 2.38 bits per heavy atom. The molecule has 1 rings (SSSR count). The Hall–Kier alpha value is -1.09. The highest BCUT2D eigenvalue weighted by Gasteiger charge is 2.23. The number of carbonyl (C=O) groups excluding carboxylic acids is 1. The SMILES string of the molecule is C=COC(=O)CN1CCCC1C=C. The zero-order chi connectivity index (χ0) is 9.68. The summed E-state index contributed by atoms with van der Waals surface area (Å²) in [4.78, 5) is 13.2. The normalized spacial score (nSPS) is 22.6. The Morgan fingerprint density at radius 1 is 1.62 bits per heavy atom. The predicted molar refractivity (Wildman–Crippen MR) is 51.1 cm³/mol. The van der Waals surface area contributed by atoms with Gasteiger partial charge in [0, 0.05) is 6.04 Å². The van der Waals surface area contributed by atoms with Gasteiger partial charge in [0.25, 0.3) is 0 Å². The first-order valence-corrected chi connectivity index (χ1v) is 4.45. The van der Waals surface area contributed by atoms with E-state index in [2.05, 4.69) is 22.8 Å². The fourth-order valence-electron chi connectivity index (χ4n) is 1.61. The van der Waals surface area contributed by atoms with Crippen LogP contribution in [0.5, 0.6) is 0 Å². The average molecular weight is 181 g/mol. The summed E-state index contributed by atoms with van der Waals surface area (Å²) >= 11 is 0. The van der Waals surface area contributed by atoms with Crippen molar-refractivity contribution in [1.82, 2.24) is 4.90 Å². The van der Waals surface area contributed by atoms with Crippen LogP contribution in [0.3, 0.4) is 0 Å². The molecule has 0 aromatic heterocycles. The second-order valence-corrected chi connectivity index (χ2v) is 3.07. The van der Waals surface area contributed by atoms with Crippen LogP contribution in [0.25, 0.3) is 0 Å². The van der Waals surface area contributed by atoms with Crippen molar-refractivity contribution in [3.05, 3.63) is 25.5 Å². The number of hydrogen-bond acceptors (Lipinski definition) is 3. The van der Waals surface area contributed by atoms with Crippen LogP contribution in [0.4, 0.5) is 0 Å². The highest BCUT2D eigenvalue weighted by molar-refractivity contribution is 5.72. The van der Waals surface area contributed by atoms with Gasteiger partial charge in [-0.2, -0.15) is 0 Å². The molecule has 0 aromatic rings. The smallest absolute Gasteiger partial charge is 0.324 e. The van der Waals surface area contributed by atoms with E-state index < -0.39 is 0 Å². The van der Waals surface area contributed by atoms with E-state index in [-0.39, 0.29) is 5.97 Å². The van der Waals surface area contributed by atoms with E-state index in [0.717, 1.165) is 19.4 Å². The second kappa shape index (κ2) is 4.82. The molecular formula is C10H15NO2. The molecule has 0 bridgehead atoms. The van der Waals surface area contributed by atoms with Gasteiger partial charge >= 0.3 is 5.97 Å². The lowest BCUT2D eigenvalue weighted by molar-refractivity contribution is -0.139. The molecule has 0 radical (unpaired) electrons. The molecule has 3 nitrogen and oxygen atoms in total. The summed E-state index contributed by atoms with van der Waals surface area (Å²) in [6, 6.07) is 0.331. The van der Waals surface area contributed by atoms with Crippen molar-refractivity contribution in [2.75, 3.05) is 13.1 Å². The van der Waals surface area contributed by atoms with E-state index in [0.29, 0.717) is 12.6 Å². The average Bonchev–Trinajstić information content (AvgIpc) is 2.52. The topological polar surface area (TPSA) is 29.5 Å². The molecule has 0 spiro atoms. The van der Waals surface area contributed by atoms with Crippen LogP contribution in [0.2, 0.25) is 0 Å². The van der Waals surface area contributed by atoms with Crippen LogP contribution in [0.1, 0.15) is 12.8 Å². The van der Waals surface area contributed by atoms with Crippen LogP contribution in [0.15, 0.2) is 25.5 Å². The molecule has 0 aliphatic carbocycles. The molecule has 0 saturated carbocycles. The molecule has 1 atom stereocenters. The monoisotopic (exact) mass is 181 g/mol. The Labute approximate surface area is 78.7 Å². The molecular weight excluding hydrogens is 166 g/mol. The summed E-state index contributed by atoms with van der Waals surface area (Å²) in [5.41, 5.74) is 0. The van der Waals surface area contributed by atoms with Crippen molar-refractivity contribution in [3.63, 3.8) is 0 Å². The van der Waals surface area contributed by atoms with E-state index in [9.17, 15) is 4.79 Å². The lowest BCUT2D eigenvalue weighted by Gasteiger charge is -2.19. The van der Waals surface area contributed by atoms with Crippen molar-refractivity contribution in [2.45, 2.75) is 18.9 Å². The molecule has 72 valence electrons. The number of likely N-dealkylation sites (tertiary alicyclic amines) is 1. The summed E-state index contributed by atoms with van der Waals surface area (Å²) < 4.78 is 4.65. The number of rotatable bonds is 4. The molecule has 3 heteroatoms. The number of ether oxygens (including phenoxy) is 1. The fraction of sp³-hybridized carbons (Fsp3) is 0.500. The Kier molecular flexibility index (Phi) is 3.71. The minimum Gasteiger partial charge on any atom is -0.434 e. The van der Waals surface area contributed by atoms with E-state index in [4.69, 9.17) is 0 Å². The minimum atomic E-state index is -0.247. The minimum absolute atomic E-state index is 0.247. The van der Waals surface area contributed by atoms with Gasteiger partial charge in [-0.3, -0.25) is 9.69 Å². The van der Waals surface area contributed by atoms with Gasteiger partial charge in [-0.05, 0) is 19.4 Å². The van der Waals surface area contributed by atoms with Gasteiger partial charge in [0.15, 0.2) is 0 Å². The van der Waals surface area contributed by atoms with E-state index in [1.165, 1.54) is 6.26 Å². The Bertz CT molecular complexity index is 213. The summed E-state index contributed by atoms with van der Waals surface area (Å²) in [7, 11) is 0. The van der Waals surface area contributed by atoms with Crippen molar-refractivity contribution >= 4 is 5.97 Å². The van der Waals surface area contributed by atoms with E-state index in [1.54, 1.807) is 0 Å². The molecule has 1 saturated heterocycles. The van der Waals surface area contributed by atoms with Crippen molar-refractivity contribution < 1.29 is 9.53 Å². The van der Waals surface area contributed by atoms with Crippen LogP contribution >= 0.6 is 0 Å². The standard InChI is InChI=1S/C10H15NO2/c1-3-9-6-5-7-11(9)8-10(12)13-4-2/h3-4,9H,1-2,5-8H2. The summed E-state index contributed by atoms with van der Waals surface area (Å²) in [6.45, 7) is 8.35. The van der Waals surface area contributed by atoms with E-state index in [1.807, 2.05) is 6.08 Å². The highest BCUT2D eigenvalue weighted by Crippen LogP contribution is 2.17. The lowest BCUT2D eigenvalue weighted by Crippen LogP contribution is -2.33.